The Kier molecular flexibility index (Phi) is 7.50. The third-order valence-electron chi connectivity index (χ3n) is 5.45. The van der Waals surface area contributed by atoms with Crippen LogP contribution >= 0.6 is 0 Å². The normalized spacial score (nSPS) is 11.6. The molecule has 0 aliphatic heterocycles. The molecule has 0 bridgehead atoms. The first-order chi connectivity index (χ1) is 17.7. The van der Waals surface area contributed by atoms with Gasteiger partial charge >= 0.3 is 11.9 Å². The van der Waals surface area contributed by atoms with Gasteiger partial charge in [0.15, 0.2) is 0 Å². The van der Waals surface area contributed by atoms with Gasteiger partial charge in [0.05, 0.1) is 29.7 Å². The van der Waals surface area contributed by atoms with Gasteiger partial charge in [-0.2, -0.15) is 18.4 Å². The number of anilines is 1. The molecule has 0 unspecified atom stereocenters. The Hall–Kier alpha value is -4.45. The van der Waals surface area contributed by atoms with E-state index >= 15 is 4.39 Å². The maximum absolute atomic E-state index is 15.1. The molecule has 1 heterocycles. The van der Waals surface area contributed by atoms with Crippen LogP contribution in [0.15, 0.2) is 46.0 Å². The van der Waals surface area contributed by atoms with E-state index in [0.29, 0.717) is 24.9 Å². The van der Waals surface area contributed by atoms with Crippen LogP contribution in [0.2, 0.25) is 0 Å². The molecule has 0 fully saturated rings. The van der Waals surface area contributed by atoms with E-state index < -0.39 is 73.0 Å². The molecule has 15 heteroatoms. The Morgan fingerprint density at radius 1 is 1.18 bits per heavy atom. The quantitative estimate of drug-likeness (QED) is 0.462. The van der Waals surface area contributed by atoms with Gasteiger partial charge < -0.3 is 4.74 Å². The number of amides is 1. The Balaban J connectivity index is 2.43. The number of hydrogen-bond acceptors (Lipinski definition) is 7. The number of alkyl halides is 3. The minimum Gasteiger partial charge on any atom is -0.497 e. The standard InChI is InChI=1S/C23H18F4N4O6S/c1-4-38(35,36)31(21(33)12-5-7-14(37-3)8-6-12)17-10-15(16(24)9-13(17)11-28)18-19(23(25,26)27)30(2)22(34)29-20(18)32/h5-10H,4H2,1-3H3,(H,29,32,34). The van der Waals surface area contributed by atoms with E-state index in [-0.39, 0.29) is 14.4 Å². The summed E-state index contributed by atoms with van der Waals surface area (Å²) in [7, 11) is -2.53. The topological polar surface area (TPSA) is 142 Å². The zero-order valence-electron chi connectivity index (χ0n) is 19.9. The number of carbonyl (C=O) groups excluding carboxylic acids is 1. The molecular weight excluding hydrogens is 536 g/mol. The molecule has 0 saturated heterocycles. The molecule has 0 spiro atoms. The van der Waals surface area contributed by atoms with E-state index in [1.165, 1.54) is 44.4 Å². The third kappa shape index (κ3) is 5.02. The molecule has 10 nitrogen and oxygen atoms in total. The van der Waals surface area contributed by atoms with Crippen molar-refractivity contribution < 1.29 is 35.5 Å². The number of aromatic nitrogens is 2. The summed E-state index contributed by atoms with van der Waals surface area (Å²) < 4.78 is 88.0. The van der Waals surface area contributed by atoms with E-state index in [9.17, 15) is 41.2 Å². The van der Waals surface area contributed by atoms with Crippen molar-refractivity contribution in [3.8, 4) is 22.9 Å². The average molecular weight is 554 g/mol. The molecule has 0 radical (unpaired) electrons. The van der Waals surface area contributed by atoms with Crippen LogP contribution in [0, 0.1) is 17.1 Å². The smallest absolute Gasteiger partial charge is 0.432 e. The molecule has 0 aliphatic rings. The highest BCUT2D eigenvalue weighted by Gasteiger charge is 2.40. The van der Waals surface area contributed by atoms with Crippen LogP contribution in [0.3, 0.4) is 0 Å². The molecule has 3 rings (SSSR count). The largest absolute Gasteiger partial charge is 0.497 e. The summed E-state index contributed by atoms with van der Waals surface area (Å²) in [4.78, 5) is 39.3. The van der Waals surface area contributed by atoms with E-state index in [2.05, 4.69) is 0 Å². The minimum atomic E-state index is -5.33. The van der Waals surface area contributed by atoms with Crippen LogP contribution in [-0.4, -0.2) is 36.7 Å². The molecular formula is C23H18F4N4O6S. The number of H-pyrrole nitrogens is 1. The lowest BCUT2D eigenvalue weighted by Gasteiger charge is -2.24. The van der Waals surface area contributed by atoms with Crippen LogP contribution in [0.1, 0.15) is 28.5 Å². The first-order valence-corrected chi connectivity index (χ1v) is 12.1. The van der Waals surface area contributed by atoms with E-state index in [1.54, 1.807) is 4.98 Å². The Morgan fingerprint density at radius 3 is 2.29 bits per heavy atom. The van der Waals surface area contributed by atoms with Gasteiger partial charge in [-0.3, -0.25) is 19.1 Å². The highest BCUT2D eigenvalue weighted by atomic mass is 32.2. The number of nitriles is 1. The summed E-state index contributed by atoms with van der Waals surface area (Å²) in [6.45, 7) is 1.17. The molecule has 1 N–H and O–H groups in total. The number of rotatable bonds is 6. The second kappa shape index (κ2) is 10.1. The van der Waals surface area contributed by atoms with Crippen molar-refractivity contribution in [1.29, 1.82) is 5.26 Å². The lowest BCUT2D eigenvalue weighted by Crippen LogP contribution is -2.39. The van der Waals surface area contributed by atoms with Crippen molar-refractivity contribution >= 4 is 21.6 Å². The molecule has 200 valence electrons. The van der Waals surface area contributed by atoms with Gasteiger partial charge in [0.2, 0.25) is 10.0 Å². The van der Waals surface area contributed by atoms with Crippen LogP contribution < -0.4 is 20.3 Å². The number of sulfonamides is 1. The van der Waals surface area contributed by atoms with Crippen molar-refractivity contribution in [2.75, 3.05) is 17.2 Å². The molecule has 38 heavy (non-hydrogen) atoms. The van der Waals surface area contributed by atoms with Crippen LogP contribution in [-0.2, 0) is 23.2 Å². The lowest BCUT2D eigenvalue weighted by molar-refractivity contribution is -0.143. The number of nitrogens with one attached hydrogen (secondary N) is 1. The predicted octanol–water partition coefficient (Wildman–Crippen LogP) is 2.78. The zero-order valence-corrected chi connectivity index (χ0v) is 20.7. The summed E-state index contributed by atoms with van der Waals surface area (Å²) in [5, 5.41) is 9.57. The predicted molar refractivity (Wildman–Crippen MR) is 127 cm³/mol. The van der Waals surface area contributed by atoms with E-state index in [1.807, 2.05) is 0 Å². The first kappa shape index (κ1) is 28.1. The Labute approximate surface area is 212 Å². The van der Waals surface area contributed by atoms with Crippen molar-refractivity contribution in [2.24, 2.45) is 7.05 Å². The fourth-order valence-electron chi connectivity index (χ4n) is 3.58. The number of aromatic amines is 1. The van der Waals surface area contributed by atoms with Crippen molar-refractivity contribution in [2.45, 2.75) is 13.1 Å². The van der Waals surface area contributed by atoms with Crippen molar-refractivity contribution in [1.82, 2.24) is 9.55 Å². The summed E-state index contributed by atoms with van der Waals surface area (Å²) in [6.07, 6.45) is -5.33. The molecule has 0 saturated carbocycles. The molecule has 0 aliphatic carbocycles. The van der Waals surface area contributed by atoms with E-state index in [0.717, 1.165) is 0 Å². The highest BCUT2D eigenvalue weighted by Crippen LogP contribution is 2.38. The van der Waals surface area contributed by atoms with Gasteiger partial charge in [-0.25, -0.2) is 21.9 Å². The van der Waals surface area contributed by atoms with Gasteiger partial charge in [-0.05, 0) is 43.3 Å². The molecule has 3 aromatic rings. The lowest BCUT2D eigenvalue weighted by atomic mass is 10.0. The minimum absolute atomic E-state index is 0.0388. The fourth-order valence-corrected chi connectivity index (χ4v) is 4.65. The van der Waals surface area contributed by atoms with Gasteiger partial charge in [0.25, 0.3) is 11.5 Å². The Bertz CT molecular complexity index is 1690. The zero-order chi connectivity index (χ0) is 28.6. The summed E-state index contributed by atoms with van der Waals surface area (Å²) in [5.74, 6) is -3.10. The Morgan fingerprint density at radius 2 is 1.79 bits per heavy atom. The highest BCUT2D eigenvalue weighted by molar-refractivity contribution is 7.93. The number of nitrogens with zero attached hydrogens (tertiary/aromatic N) is 3. The molecule has 1 aromatic heterocycles. The van der Waals surface area contributed by atoms with Crippen LogP contribution in [0.4, 0.5) is 23.2 Å². The third-order valence-corrected chi connectivity index (χ3v) is 7.10. The number of hydrogen-bond donors (Lipinski definition) is 1. The average Bonchev–Trinajstić information content (AvgIpc) is 2.86. The molecule has 0 atom stereocenters. The van der Waals surface area contributed by atoms with Gasteiger partial charge in [-0.15, -0.1) is 0 Å². The second-order valence-electron chi connectivity index (χ2n) is 7.70. The maximum Gasteiger partial charge on any atom is 0.432 e. The van der Waals surface area contributed by atoms with Gasteiger partial charge in [0, 0.05) is 18.2 Å². The summed E-state index contributed by atoms with van der Waals surface area (Å²) in [6, 6.07) is 7.47. The number of benzene rings is 2. The monoisotopic (exact) mass is 554 g/mol. The van der Waals surface area contributed by atoms with Crippen molar-refractivity contribution in [3.63, 3.8) is 0 Å². The molecule has 1 amide bonds. The van der Waals surface area contributed by atoms with Crippen LogP contribution in [0.5, 0.6) is 5.75 Å². The van der Waals surface area contributed by atoms with Crippen LogP contribution in [0.25, 0.3) is 11.1 Å². The SMILES string of the molecule is CCS(=O)(=O)N(C(=O)c1ccc(OC)cc1)c1cc(-c2c(C(F)(F)F)n(C)c(=O)[nH]c2=O)c(F)cc1C#N. The number of methoxy groups -OCH3 is 1. The second-order valence-corrected chi connectivity index (χ2v) is 9.81. The fraction of sp³-hybridized carbons (Fsp3) is 0.217. The summed E-state index contributed by atoms with van der Waals surface area (Å²) >= 11 is 0. The van der Waals surface area contributed by atoms with Crippen molar-refractivity contribution in [3.05, 3.63) is 79.9 Å². The van der Waals surface area contributed by atoms with Gasteiger partial charge in [0.1, 0.15) is 23.3 Å². The number of halogens is 4. The van der Waals surface area contributed by atoms with E-state index in [4.69, 9.17) is 4.74 Å². The number of ether oxygens (including phenoxy) is 1. The first-order valence-electron chi connectivity index (χ1n) is 10.5. The van der Waals surface area contributed by atoms with Gasteiger partial charge in [-0.1, -0.05) is 0 Å². The number of carbonyl (C=O) groups is 1. The maximum atomic E-state index is 15.1. The molecule has 2 aromatic carbocycles. The summed E-state index contributed by atoms with van der Waals surface area (Å²) in [5.41, 5.74) is -9.07.